The standard InChI is InChI=1S/C7H7BrO2/c8-5-1-2-6-7(3-5)10-4-9-6/h1-2,5H,3-4H2. The lowest BCUT2D eigenvalue weighted by Crippen LogP contribution is -2.01. The molecule has 10 heavy (non-hydrogen) atoms. The second-order valence-corrected chi connectivity index (χ2v) is 3.45. The van der Waals surface area contributed by atoms with Crippen LogP contribution in [-0.2, 0) is 9.47 Å². The van der Waals surface area contributed by atoms with Gasteiger partial charge in [-0.2, -0.15) is 0 Å². The van der Waals surface area contributed by atoms with Gasteiger partial charge in [0.15, 0.2) is 5.76 Å². The molecule has 2 nitrogen and oxygen atoms in total. The molecule has 0 N–H and O–H groups in total. The Morgan fingerprint density at radius 2 is 2.40 bits per heavy atom. The maximum absolute atomic E-state index is 5.20. The summed E-state index contributed by atoms with van der Waals surface area (Å²) in [7, 11) is 0. The second-order valence-electron chi connectivity index (χ2n) is 2.27. The van der Waals surface area contributed by atoms with Crippen LogP contribution in [0.25, 0.3) is 0 Å². The van der Waals surface area contributed by atoms with Gasteiger partial charge in [-0.1, -0.05) is 22.0 Å². The minimum Gasteiger partial charge on any atom is -0.458 e. The molecule has 1 unspecified atom stereocenters. The minimum atomic E-state index is 0.384. The highest BCUT2D eigenvalue weighted by molar-refractivity contribution is 9.09. The zero-order valence-electron chi connectivity index (χ0n) is 5.34. The van der Waals surface area contributed by atoms with E-state index in [0.29, 0.717) is 11.6 Å². The number of rotatable bonds is 0. The van der Waals surface area contributed by atoms with Gasteiger partial charge >= 0.3 is 0 Å². The van der Waals surface area contributed by atoms with Crippen molar-refractivity contribution in [2.24, 2.45) is 0 Å². The first-order valence-corrected chi connectivity index (χ1v) is 4.09. The van der Waals surface area contributed by atoms with E-state index in [1.807, 2.05) is 6.08 Å². The molecule has 0 saturated heterocycles. The average molecular weight is 203 g/mol. The highest BCUT2D eigenvalue weighted by atomic mass is 79.9. The van der Waals surface area contributed by atoms with Crippen LogP contribution in [0, 0.1) is 0 Å². The van der Waals surface area contributed by atoms with Gasteiger partial charge in [-0.3, -0.25) is 0 Å². The van der Waals surface area contributed by atoms with Crippen molar-refractivity contribution in [3.63, 3.8) is 0 Å². The quantitative estimate of drug-likeness (QED) is 0.560. The molecule has 0 amide bonds. The highest BCUT2D eigenvalue weighted by Gasteiger charge is 2.21. The molecule has 54 valence electrons. The summed E-state index contributed by atoms with van der Waals surface area (Å²) in [5.41, 5.74) is 0. The molecule has 0 aromatic carbocycles. The van der Waals surface area contributed by atoms with Gasteiger partial charge in [-0.25, -0.2) is 0 Å². The largest absolute Gasteiger partial charge is 0.458 e. The molecule has 1 aliphatic carbocycles. The minimum absolute atomic E-state index is 0.384. The summed E-state index contributed by atoms with van der Waals surface area (Å²) >= 11 is 3.47. The molecular formula is C7H7BrO2. The molecule has 3 heteroatoms. The van der Waals surface area contributed by atoms with Crippen molar-refractivity contribution in [3.05, 3.63) is 23.7 Å². The molecule has 0 bridgehead atoms. The molecule has 1 aliphatic heterocycles. The summed E-state index contributed by atoms with van der Waals surface area (Å²) < 4.78 is 10.4. The van der Waals surface area contributed by atoms with E-state index >= 15 is 0 Å². The van der Waals surface area contributed by atoms with Gasteiger partial charge in [0.25, 0.3) is 0 Å². The predicted octanol–water partition coefficient (Wildman–Crippen LogP) is 1.93. The van der Waals surface area contributed by atoms with E-state index in [9.17, 15) is 0 Å². The Bertz CT molecular complexity index is 208. The number of allylic oxidation sites excluding steroid dienone is 3. The molecule has 1 heterocycles. The molecule has 0 aromatic rings. The van der Waals surface area contributed by atoms with E-state index in [1.165, 1.54) is 0 Å². The lowest BCUT2D eigenvalue weighted by Gasteiger charge is -2.08. The van der Waals surface area contributed by atoms with Gasteiger partial charge in [0.1, 0.15) is 5.76 Å². The number of hydrogen-bond donors (Lipinski definition) is 0. The van der Waals surface area contributed by atoms with Crippen molar-refractivity contribution in [1.29, 1.82) is 0 Å². The van der Waals surface area contributed by atoms with Crippen LogP contribution in [0.4, 0.5) is 0 Å². The Morgan fingerprint density at radius 3 is 3.30 bits per heavy atom. The summed E-state index contributed by atoms with van der Waals surface area (Å²) in [6.07, 6.45) is 4.92. The van der Waals surface area contributed by atoms with E-state index in [2.05, 4.69) is 22.0 Å². The molecule has 0 saturated carbocycles. The number of ether oxygens (including phenoxy) is 2. The van der Waals surface area contributed by atoms with Crippen LogP contribution in [0.5, 0.6) is 0 Å². The van der Waals surface area contributed by atoms with Crippen LogP contribution in [0.1, 0.15) is 6.42 Å². The number of hydrogen-bond acceptors (Lipinski definition) is 2. The first-order chi connectivity index (χ1) is 4.86. The maximum Gasteiger partial charge on any atom is 0.230 e. The number of halogens is 1. The summed E-state index contributed by atoms with van der Waals surface area (Å²) in [5.74, 6) is 1.88. The Balaban J connectivity index is 2.22. The third-order valence-corrected chi connectivity index (χ3v) is 2.19. The van der Waals surface area contributed by atoms with Crippen molar-refractivity contribution in [2.75, 3.05) is 6.79 Å². The Morgan fingerprint density at radius 1 is 1.50 bits per heavy atom. The SMILES string of the molecule is BrC1C=CC2=C(C1)OCO2. The third kappa shape index (κ3) is 0.944. The monoisotopic (exact) mass is 202 g/mol. The van der Waals surface area contributed by atoms with E-state index in [1.54, 1.807) is 0 Å². The van der Waals surface area contributed by atoms with Crippen LogP contribution >= 0.6 is 15.9 Å². The molecule has 0 aromatic heterocycles. The fraction of sp³-hybridized carbons (Fsp3) is 0.429. The molecule has 1 atom stereocenters. The average Bonchev–Trinajstić information content (AvgIpc) is 2.33. The van der Waals surface area contributed by atoms with Crippen LogP contribution in [0.3, 0.4) is 0 Å². The van der Waals surface area contributed by atoms with Crippen LogP contribution in [0.15, 0.2) is 23.7 Å². The first kappa shape index (κ1) is 6.28. The fourth-order valence-corrected chi connectivity index (χ4v) is 1.50. The predicted molar refractivity (Wildman–Crippen MR) is 40.5 cm³/mol. The normalized spacial score (nSPS) is 29.5. The van der Waals surface area contributed by atoms with Crippen LogP contribution in [0.2, 0.25) is 0 Å². The van der Waals surface area contributed by atoms with Gasteiger partial charge in [0.2, 0.25) is 6.79 Å². The Hall–Kier alpha value is -0.440. The van der Waals surface area contributed by atoms with Gasteiger partial charge < -0.3 is 9.47 Å². The third-order valence-electron chi connectivity index (χ3n) is 1.56. The van der Waals surface area contributed by atoms with E-state index in [0.717, 1.165) is 17.9 Å². The summed E-state index contributed by atoms with van der Waals surface area (Å²) in [6, 6.07) is 0. The van der Waals surface area contributed by atoms with Gasteiger partial charge in [0.05, 0.1) is 0 Å². The molecule has 0 radical (unpaired) electrons. The maximum atomic E-state index is 5.20. The zero-order chi connectivity index (χ0) is 6.97. The molecule has 2 aliphatic rings. The van der Waals surface area contributed by atoms with Crippen LogP contribution in [-0.4, -0.2) is 11.6 Å². The van der Waals surface area contributed by atoms with Gasteiger partial charge in [0, 0.05) is 11.2 Å². The lowest BCUT2D eigenvalue weighted by molar-refractivity contribution is 0.0730. The van der Waals surface area contributed by atoms with Crippen molar-refractivity contribution in [3.8, 4) is 0 Å². The lowest BCUT2D eigenvalue weighted by atomic mass is 10.1. The van der Waals surface area contributed by atoms with Crippen molar-refractivity contribution in [2.45, 2.75) is 11.2 Å². The summed E-state index contributed by atoms with van der Waals surface area (Å²) in [5, 5.41) is 0. The summed E-state index contributed by atoms with van der Waals surface area (Å²) in [6.45, 7) is 0.384. The summed E-state index contributed by atoms with van der Waals surface area (Å²) in [4.78, 5) is 0.410. The van der Waals surface area contributed by atoms with Crippen LogP contribution < -0.4 is 0 Å². The molecular weight excluding hydrogens is 196 g/mol. The smallest absolute Gasteiger partial charge is 0.230 e. The van der Waals surface area contributed by atoms with Crippen molar-refractivity contribution in [1.82, 2.24) is 0 Å². The highest BCUT2D eigenvalue weighted by Crippen LogP contribution is 2.28. The van der Waals surface area contributed by atoms with Gasteiger partial charge in [-0.05, 0) is 6.08 Å². The zero-order valence-corrected chi connectivity index (χ0v) is 6.93. The Kier molecular flexibility index (Phi) is 1.45. The van der Waals surface area contributed by atoms with Crippen molar-refractivity contribution >= 4 is 15.9 Å². The number of alkyl halides is 1. The van der Waals surface area contributed by atoms with E-state index in [-0.39, 0.29) is 0 Å². The second kappa shape index (κ2) is 2.31. The van der Waals surface area contributed by atoms with Gasteiger partial charge in [-0.15, -0.1) is 0 Å². The first-order valence-electron chi connectivity index (χ1n) is 3.17. The molecule has 0 spiro atoms. The Labute approximate surface area is 67.6 Å². The fourth-order valence-electron chi connectivity index (χ4n) is 1.05. The molecule has 2 rings (SSSR count). The van der Waals surface area contributed by atoms with E-state index in [4.69, 9.17) is 9.47 Å². The topological polar surface area (TPSA) is 18.5 Å². The van der Waals surface area contributed by atoms with E-state index < -0.39 is 0 Å². The van der Waals surface area contributed by atoms with Crippen molar-refractivity contribution < 1.29 is 9.47 Å². The molecule has 0 fully saturated rings.